The van der Waals surface area contributed by atoms with Crippen LogP contribution >= 0.6 is 0 Å². The predicted molar refractivity (Wildman–Crippen MR) is 40.5 cm³/mol. The molecule has 76 valence electrons. The van der Waals surface area contributed by atoms with Crippen LogP contribution in [0.4, 0.5) is 0 Å². The summed E-state index contributed by atoms with van der Waals surface area (Å²) >= 11 is 0. The summed E-state index contributed by atoms with van der Waals surface area (Å²) in [7, 11) is 0. The molecule has 0 bridgehead atoms. The lowest BCUT2D eigenvalue weighted by molar-refractivity contribution is -0.938. The molecule has 0 aromatic rings. The summed E-state index contributed by atoms with van der Waals surface area (Å²) in [6.07, 6.45) is 0. The molecule has 0 saturated carbocycles. The van der Waals surface area contributed by atoms with Crippen molar-refractivity contribution in [3.8, 4) is 0 Å². The molecule has 0 radical (unpaired) electrons. The molecule has 0 aliphatic carbocycles. The van der Waals surface area contributed by atoms with Crippen molar-refractivity contribution in [1.82, 2.24) is 10.0 Å². The van der Waals surface area contributed by atoms with Crippen LogP contribution < -0.4 is 0 Å². The first-order valence-corrected chi connectivity index (χ1v) is 3.84. The molecule has 0 fully saturated rings. The summed E-state index contributed by atoms with van der Waals surface area (Å²) in [6.45, 7) is 3.53. The van der Waals surface area contributed by atoms with Gasteiger partial charge < -0.3 is 0 Å². The van der Waals surface area contributed by atoms with Gasteiger partial charge in [-0.2, -0.15) is 0 Å². The van der Waals surface area contributed by atoms with Crippen LogP contribution in [0.3, 0.4) is 0 Å². The number of hydrazine groups is 2. The maximum Gasteiger partial charge on any atom is 0.359 e. The second-order valence-corrected chi connectivity index (χ2v) is 2.29. The van der Waals surface area contributed by atoms with Crippen molar-refractivity contribution in [2.75, 3.05) is 19.8 Å². The van der Waals surface area contributed by atoms with E-state index in [1.807, 2.05) is 0 Å². The Labute approximate surface area is 75.0 Å². The highest BCUT2D eigenvalue weighted by Crippen LogP contribution is 1.92. The van der Waals surface area contributed by atoms with Gasteiger partial charge in [-0.05, 0) is 13.8 Å². The van der Waals surface area contributed by atoms with Gasteiger partial charge in [0, 0.05) is 0 Å². The molecule has 0 heterocycles. The summed E-state index contributed by atoms with van der Waals surface area (Å²) in [5, 5.41) is 18.1. The zero-order valence-corrected chi connectivity index (χ0v) is 7.62. The molecule has 0 saturated heterocycles. The Kier molecular flexibility index (Phi) is 4.49. The molecule has 0 aliphatic rings. The van der Waals surface area contributed by atoms with Gasteiger partial charge in [0.1, 0.15) is 9.81 Å². The third-order valence-corrected chi connectivity index (χ3v) is 1.54. The normalized spacial score (nSPS) is 9.38. The van der Waals surface area contributed by atoms with Gasteiger partial charge in [-0.25, -0.2) is 10.4 Å². The van der Waals surface area contributed by atoms with Gasteiger partial charge >= 0.3 is 10.1 Å². The summed E-state index contributed by atoms with van der Waals surface area (Å²) in [5.74, 6) is 0. The fraction of sp³-hybridized carbons (Fsp3) is 1.00. The standard InChI is InChI=1S/C5H14N4O4/c1-3-6(8(10)11)5-7(4-2)9(12)13/h3-5H2,1-2H3,(H,10,11)(H,12,13)/q+2. The molecule has 13 heavy (non-hydrogen) atoms. The minimum absolute atomic E-state index is 0.174. The number of hydrogen-bond donors (Lipinski definition) is 2. The first kappa shape index (κ1) is 11.4. The fourth-order valence-electron chi connectivity index (χ4n) is 0.739. The lowest BCUT2D eigenvalue weighted by Gasteiger charge is -2.10. The summed E-state index contributed by atoms with van der Waals surface area (Å²) in [6, 6.07) is 0. The highest BCUT2D eigenvalue weighted by molar-refractivity contribution is 4.35. The average Bonchev–Trinajstić information content (AvgIpc) is 2.05. The van der Waals surface area contributed by atoms with Gasteiger partial charge in [-0.3, -0.25) is 0 Å². The third kappa shape index (κ3) is 3.54. The summed E-state index contributed by atoms with van der Waals surface area (Å²) < 4.78 is 0. The Morgan fingerprint density at radius 2 is 1.31 bits per heavy atom. The largest absolute Gasteiger partial charge is 0.359 e. The molecular weight excluding hydrogens is 180 g/mol. The van der Waals surface area contributed by atoms with Gasteiger partial charge in [0.25, 0.3) is 0 Å². The Hall–Kier alpha value is -1.60. The summed E-state index contributed by atoms with van der Waals surface area (Å²) in [5.41, 5.74) is 0. The molecule has 0 unspecified atom stereocenters. The van der Waals surface area contributed by atoms with Crippen LogP contribution in [0.2, 0.25) is 0 Å². The second kappa shape index (κ2) is 5.12. The number of nitrogens with zero attached hydrogens (tertiary/aromatic N) is 4. The SMILES string of the molecule is CCN(CN(CC)[N+](=O)O)[N+](=O)O. The minimum Gasteiger partial charge on any atom is -0.219 e. The zero-order valence-electron chi connectivity index (χ0n) is 7.62. The van der Waals surface area contributed by atoms with Crippen LogP contribution in [0.5, 0.6) is 0 Å². The van der Waals surface area contributed by atoms with Crippen molar-refractivity contribution < 1.29 is 20.5 Å². The fourth-order valence-corrected chi connectivity index (χ4v) is 0.739. The quantitative estimate of drug-likeness (QED) is 0.448. The van der Waals surface area contributed by atoms with Crippen LogP contribution in [0.1, 0.15) is 13.8 Å². The van der Waals surface area contributed by atoms with E-state index in [4.69, 9.17) is 10.4 Å². The lowest BCUT2D eigenvalue weighted by Crippen LogP contribution is -2.44. The number of rotatable bonds is 6. The summed E-state index contributed by atoms with van der Waals surface area (Å²) in [4.78, 5) is 20.8. The highest BCUT2D eigenvalue weighted by Gasteiger charge is 2.27. The van der Waals surface area contributed by atoms with Gasteiger partial charge in [0.15, 0.2) is 0 Å². The molecule has 8 heteroatoms. The van der Waals surface area contributed by atoms with Gasteiger partial charge in [-0.1, -0.05) is 10.0 Å². The third-order valence-electron chi connectivity index (χ3n) is 1.54. The number of hydrogen-bond acceptors (Lipinski definition) is 2. The molecule has 2 N–H and O–H groups in total. The van der Waals surface area contributed by atoms with Gasteiger partial charge in [-0.15, -0.1) is 0 Å². The van der Waals surface area contributed by atoms with Gasteiger partial charge in [0.05, 0.1) is 13.1 Å². The topological polar surface area (TPSA) is 87.1 Å². The van der Waals surface area contributed by atoms with Crippen LogP contribution in [0, 0.1) is 9.81 Å². The van der Waals surface area contributed by atoms with E-state index in [0.29, 0.717) is 0 Å². The molecule has 0 spiro atoms. The Morgan fingerprint density at radius 3 is 1.46 bits per heavy atom. The van der Waals surface area contributed by atoms with Crippen molar-refractivity contribution in [2.24, 2.45) is 0 Å². The van der Waals surface area contributed by atoms with E-state index < -0.39 is 0 Å². The van der Waals surface area contributed by atoms with Crippen LogP contribution in [-0.2, 0) is 0 Å². The van der Waals surface area contributed by atoms with Crippen LogP contribution in [0.25, 0.3) is 0 Å². The molecule has 0 aromatic heterocycles. The van der Waals surface area contributed by atoms with Crippen molar-refractivity contribution in [3.05, 3.63) is 9.81 Å². The molecule has 0 rings (SSSR count). The van der Waals surface area contributed by atoms with E-state index in [2.05, 4.69) is 0 Å². The molecular formula is C5H14N4O4+2. The van der Waals surface area contributed by atoms with Crippen molar-refractivity contribution in [1.29, 1.82) is 0 Å². The first-order valence-electron chi connectivity index (χ1n) is 3.84. The second-order valence-electron chi connectivity index (χ2n) is 2.29. The van der Waals surface area contributed by atoms with Crippen molar-refractivity contribution in [3.63, 3.8) is 0 Å². The monoisotopic (exact) mass is 194 g/mol. The van der Waals surface area contributed by atoms with E-state index in [0.717, 1.165) is 10.0 Å². The predicted octanol–water partition coefficient (Wildman–Crippen LogP) is -0.246. The Bertz CT molecular complexity index is 177. The maximum absolute atomic E-state index is 10.4. The van der Waals surface area contributed by atoms with E-state index in [9.17, 15) is 9.81 Å². The zero-order chi connectivity index (χ0) is 10.4. The Morgan fingerprint density at radius 1 is 1.00 bits per heavy atom. The smallest absolute Gasteiger partial charge is 0.219 e. The van der Waals surface area contributed by atoms with E-state index in [1.165, 1.54) is 0 Å². The highest BCUT2D eigenvalue weighted by atomic mass is 16.7. The maximum atomic E-state index is 10.4. The average molecular weight is 194 g/mol. The first-order chi connectivity index (χ1) is 6.02. The molecule has 0 amide bonds. The van der Waals surface area contributed by atoms with Crippen molar-refractivity contribution in [2.45, 2.75) is 13.8 Å². The lowest BCUT2D eigenvalue weighted by atomic mass is 10.6. The minimum atomic E-state index is -0.369. The molecule has 0 atom stereocenters. The molecule has 0 aromatic carbocycles. The van der Waals surface area contributed by atoms with E-state index >= 15 is 0 Å². The van der Waals surface area contributed by atoms with E-state index in [1.54, 1.807) is 13.8 Å². The van der Waals surface area contributed by atoms with Crippen molar-refractivity contribution >= 4 is 0 Å². The van der Waals surface area contributed by atoms with Gasteiger partial charge in [0.2, 0.25) is 6.67 Å². The molecule has 8 nitrogen and oxygen atoms in total. The van der Waals surface area contributed by atoms with Crippen LogP contribution in [-0.4, -0.2) is 50.3 Å². The van der Waals surface area contributed by atoms with Crippen LogP contribution in [0.15, 0.2) is 0 Å². The Balaban J connectivity index is 4.19. The van der Waals surface area contributed by atoms with E-state index in [-0.39, 0.29) is 29.8 Å². The molecule has 0 aliphatic heterocycles.